The number of carbonyl (C=O) groups is 1. The first kappa shape index (κ1) is 13.3. The molecule has 0 aromatic carbocycles. The molecule has 0 bridgehead atoms. The van der Waals surface area contributed by atoms with Gasteiger partial charge in [0, 0.05) is 25.2 Å². The van der Waals surface area contributed by atoms with Crippen molar-refractivity contribution >= 4 is 17.2 Å². The molecule has 1 saturated heterocycles. The van der Waals surface area contributed by atoms with Gasteiger partial charge in [-0.1, -0.05) is 0 Å². The minimum Gasteiger partial charge on any atom is -0.377 e. The smallest absolute Gasteiger partial charge is 0.257 e. The van der Waals surface area contributed by atoms with Gasteiger partial charge in [0.15, 0.2) is 0 Å². The number of aromatic nitrogens is 3. The molecule has 3 rings (SSSR count). The predicted octanol–water partition coefficient (Wildman–Crippen LogP) is 1.40. The van der Waals surface area contributed by atoms with Gasteiger partial charge in [0.05, 0.1) is 41.7 Å². The van der Waals surface area contributed by atoms with E-state index >= 15 is 0 Å². The van der Waals surface area contributed by atoms with E-state index < -0.39 is 0 Å². The van der Waals surface area contributed by atoms with Gasteiger partial charge in [0.1, 0.15) is 0 Å². The quantitative estimate of drug-likeness (QED) is 0.839. The van der Waals surface area contributed by atoms with Crippen molar-refractivity contribution in [3.8, 4) is 0 Å². The molecule has 0 radical (unpaired) electrons. The largest absolute Gasteiger partial charge is 0.377 e. The van der Waals surface area contributed by atoms with E-state index in [1.165, 1.54) is 0 Å². The van der Waals surface area contributed by atoms with Crippen LogP contribution in [0.15, 0.2) is 17.8 Å². The lowest BCUT2D eigenvalue weighted by Crippen LogP contribution is -2.43. The number of carbonyl (C=O) groups excluding carboxylic acids is 1. The molecule has 2 aromatic heterocycles. The molecule has 106 valence electrons. The summed E-state index contributed by atoms with van der Waals surface area (Å²) in [6, 6.07) is -0.110. The number of amides is 1. The van der Waals surface area contributed by atoms with E-state index in [1.54, 1.807) is 35.5 Å². The van der Waals surface area contributed by atoms with Crippen LogP contribution in [0.3, 0.4) is 0 Å². The maximum absolute atomic E-state index is 12.6. The predicted molar refractivity (Wildman–Crippen MR) is 74.7 cm³/mol. The first-order valence-electron chi connectivity index (χ1n) is 6.44. The van der Waals surface area contributed by atoms with E-state index in [0.717, 1.165) is 10.7 Å². The standard InChI is InChI=1S/C13H16N4O2S/c1-9-15-11(8-20-9)12-7-19-4-3-17(12)13(18)10-5-14-16(2)6-10/h5-6,8,12H,3-4,7H2,1-2H3. The number of thiazole rings is 1. The van der Waals surface area contributed by atoms with Crippen molar-refractivity contribution < 1.29 is 9.53 Å². The maximum Gasteiger partial charge on any atom is 0.257 e. The van der Waals surface area contributed by atoms with Crippen molar-refractivity contribution in [2.75, 3.05) is 19.8 Å². The summed E-state index contributed by atoms with van der Waals surface area (Å²) in [7, 11) is 1.80. The van der Waals surface area contributed by atoms with Crippen LogP contribution in [0, 0.1) is 6.92 Å². The van der Waals surface area contributed by atoms with Gasteiger partial charge in [-0.25, -0.2) is 4.98 Å². The highest BCUT2D eigenvalue weighted by atomic mass is 32.1. The van der Waals surface area contributed by atoms with Crippen LogP contribution in [0.1, 0.15) is 27.1 Å². The van der Waals surface area contributed by atoms with Gasteiger partial charge >= 0.3 is 0 Å². The maximum atomic E-state index is 12.6. The Balaban J connectivity index is 1.87. The topological polar surface area (TPSA) is 60.2 Å². The van der Waals surface area contributed by atoms with Crippen LogP contribution < -0.4 is 0 Å². The van der Waals surface area contributed by atoms with Crippen LogP contribution >= 0.6 is 11.3 Å². The molecular weight excluding hydrogens is 276 g/mol. The van der Waals surface area contributed by atoms with Crippen molar-refractivity contribution in [1.29, 1.82) is 0 Å². The molecule has 7 heteroatoms. The Morgan fingerprint density at radius 3 is 3.05 bits per heavy atom. The van der Waals surface area contributed by atoms with E-state index in [1.807, 2.05) is 17.2 Å². The number of morpholine rings is 1. The minimum absolute atomic E-state index is 0.0166. The normalized spacial score (nSPS) is 19.3. The summed E-state index contributed by atoms with van der Waals surface area (Å²) < 4.78 is 7.15. The molecule has 0 aliphatic carbocycles. The molecule has 1 fully saturated rings. The zero-order chi connectivity index (χ0) is 14.1. The monoisotopic (exact) mass is 292 g/mol. The molecule has 0 spiro atoms. The summed E-state index contributed by atoms with van der Waals surface area (Å²) in [5.74, 6) is -0.0166. The zero-order valence-electron chi connectivity index (χ0n) is 11.4. The van der Waals surface area contributed by atoms with E-state index in [0.29, 0.717) is 25.3 Å². The van der Waals surface area contributed by atoms with Crippen molar-refractivity contribution in [3.63, 3.8) is 0 Å². The summed E-state index contributed by atoms with van der Waals surface area (Å²) in [5.41, 5.74) is 1.51. The highest BCUT2D eigenvalue weighted by Crippen LogP contribution is 2.26. The van der Waals surface area contributed by atoms with E-state index in [4.69, 9.17) is 4.74 Å². The van der Waals surface area contributed by atoms with Gasteiger partial charge in [0.2, 0.25) is 0 Å². The molecule has 6 nitrogen and oxygen atoms in total. The van der Waals surface area contributed by atoms with Crippen molar-refractivity contribution in [2.24, 2.45) is 7.05 Å². The fraction of sp³-hybridized carbons (Fsp3) is 0.462. The van der Waals surface area contributed by atoms with Crippen LogP contribution in [0.2, 0.25) is 0 Å². The number of rotatable bonds is 2. The van der Waals surface area contributed by atoms with Gasteiger partial charge < -0.3 is 9.64 Å². The average molecular weight is 292 g/mol. The van der Waals surface area contributed by atoms with Crippen molar-refractivity contribution in [1.82, 2.24) is 19.7 Å². The Bertz CT molecular complexity index is 621. The van der Waals surface area contributed by atoms with Crippen LogP contribution in [-0.2, 0) is 11.8 Å². The molecule has 2 aromatic rings. The highest BCUT2D eigenvalue weighted by molar-refractivity contribution is 7.09. The Hall–Kier alpha value is -1.73. The van der Waals surface area contributed by atoms with Crippen LogP contribution in [0.25, 0.3) is 0 Å². The summed E-state index contributed by atoms with van der Waals surface area (Å²) in [5, 5.41) is 7.06. The molecule has 3 heterocycles. The zero-order valence-corrected chi connectivity index (χ0v) is 12.3. The summed E-state index contributed by atoms with van der Waals surface area (Å²) in [6.07, 6.45) is 3.34. The SMILES string of the molecule is Cc1nc(C2COCCN2C(=O)c2cnn(C)c2)cs1. The molecule has 1 aliphatic rings. The Morgan fingerprint density at radius 1 is 1.55 bits per heavy atom. The Morgan fingerprint density at radius 2 is 2.40 bits per heavy atom. The highest BCUT2D eigenvalue weighted by Gasteiger charge is 2.31. The van der Waals surface area contributed by atoms with E-state index in [9.17, 15) is 4.79 Å². The van der Waals surface area contributed by atoms with Gasteiger partial charge in [-0.3, -0.25) is 9.48 Å². The minimum atomic E-state index is -0.110. The van der Waals surface area contributed by atoms with Gasteiger partial charge in [-0.15, -0.1) is 11.3 Å². The first-order valence-corrected chi connectivity index (χ1v) is 7.32. The third-order valence-electron chi connectivity index (χ3n) is 3.32. The lowest BCUT2D eigenvalue weighted by Gasteiger charge is -2.34. The Kier molecular flexibility index (Phi) is 3.54. The summed E-state index contributed by atoms with van der Waals surface area (Å²) in [4.78, 5) is 18.9. The fourth-order valence-corrected chi connectivity index (χ4v) is 2.98. The molecular formula is C13H16N4O2S. The second kappa shape index (κ2) is 5.34. The molecule has 1 amide bonds. The molecule has 1 atom stereocenters. The van der Waals surface area contributed by atoms with Crippen molar-refractivity contribution in [2.45, 2.75) is 13.0 Å². The number of nitrogens with zero attached hydrogens (tertiary/aromatic N) is 4. The van der Waals surface area contributed by atoms with Gasteiger partial charge in [-0.05, 0) is 6.92 Å². The summed E-state index contributed by atoms with van der Waals surface area (Å²) >= 11 is 1.59. The summed E-state index contributed by atoms with van der Waals surface area (Å²) in [6.45, 7) is 3.60. The second-order valence-electron chi connectivity index (χ2n) is 4.78. The molecule has 1 aliphatic heterocycles. The van der Waals surface area contributed by atoms with Crippen molar-refractivity contribution in [3.05, 3.63) is 34.0 Å². The van der Waals surface area contributed by atoms with Gasteiger partial charge in [0.25, 0.3) is 5.91 Å². The molecule has 0 saturated carbocycles. The van der Waals surface area contributed by atoms with E-state index in [2.05, 4.69) is 10.1 Å². The number of hydrogen-bond donors (Lipinski definition) is 0. The average Bonchev–Trinajstić information content (AvgIpc) is 3.07. The van der Waals surface area contributed by atoms with Crippen LogP contribution in [0.4, 0.5) is 0 Å². The third kappa shape index (κ3) is 2.46. The lowest BCUT2D eigenvalue weighted by atomic mass is 10.1. The fourth-order valence-electron chi connectivity index (χ4n) is 2.32. The van der Waals surface area contributed by atoms with Crippen LogP contribution in [0.5, 0.6) is 0 Å². The lowest BCUT2D eigenvalue weighted by molar-refractivity contribution is -0.00376. The molecule has 1 unspecified atom stereocenters. The van der Waals surface area contributed by atoms with E-state index in [-0.39, 0.29) is 11.9 Å². The second-order valence-corrected chi connectivity index (χ2v) is 5.85. The Labute approximate surface area is 121 Å². The number of hydrogen-bond acceptors (Lipinski definition) is 5. The third-order valence-corrected chi connectivity index (χ3v) is 4.11. The van der Waals surface area contributed by atoms with Gasteiger partial charge in [-0.2, -0.15) is 5.10 Å². The number of aryl methyl sites for hydroxylation is 2. The molecule has 0 N–H and O–H groups in total. The van der Waals surface area contributed by atoms with Crippen LogP contribution in [-0.4, -0.2) is 45.3 Å². The first-order chi connectivity index (χ1) is 9.65. The molecule has 20 heavy (non-hydrogen) atoms. The number of ether oxygens (including phenoxy) is 1.